The third kappa shape index (κ3) is 2.72. The fraction of sp³-hybridized carbons (Fsp3) is 0.471. The van der Waals surface area contributed by atoms with Gasteiger partial charge in [0.15, 0.2) is 0 Å². The fourth-order valence-corrected chi connectivity index (χ4v) is 3.32. The van der Waals surface area contributed by atoms with Crippen LogP contribution in [0.15, 0.2) is 18.2 Å². The molecule has 0 unspecified atom stereocenters. The van der Waals surface area contributed by atoms with E-state index < -0.39 is 0 Å². The van der Waals surface area contributed by atoms with Crippen molar-refractivity contribution in [2.75, 3.05) is 13.1 Å². The average molecular weight is 304 g/mol. The predicted octanol–water partition coefficient (Wildman–Crippen LogP) is 3.65. The molecule has 112 valence electrons. The van der Waals surface area contributed by atoms with Crippen molar-refractivity contribution in [3.8, 4) is 5.69 Å². The zero-order valence-electron chi connectivity index (χ0n) is 12.9. The molecule has 3 rings (SSSR count). The van der Waals surface area contributed by atoms with Crippen LogP contribution < -0.4 is 5.32 Å². The van der Waals surface area contributed by atoms with Crippen LogP contribution in [0.5, 0.6) is 0 Å². The highest BCUT2D eigenvalue weighted by atomic mass is 35.5. The van der Waals surface area contributed by atoms with E-state index in [-0.39, 0.29) is 0 Å². The minimum atomic E-state index is 0.419. The topological polar surface area (TPSA) is 29.9 Å². The molecule has 0 bridgehead atoms. The summed E-state index contributed by atoms with van der Waals surface area (Å²) in [5.41, 5.74) is 6.08. The Hall–Kier alpha value is -1.32. The molecule has 2 heterocycles. The van der Waals surface area contributed by atoms with Gasteiger partial charge in [0.1, 0.15) is 0 Å². The minimum Gasteiger partial charge on any atom is -0.316 e. The Morgan fingerprint density at radius 1 is 1.24 bits per heavy atom. The van der Waals surface area contributed by atoms with E-state index in [9.17, 15) is 0 Å². The molecule has 1 aromatic heterocycles. The Kier molecular flexibility index (Phi) is 4.05. The second-order valence-electron chi connectivity index (χ2n) is 6.06. The molecule has 0 fully saturated rings. The maximum absolute atomic E-state index is 6.55. The van der Waals surface area contributed by atoms with Gasteiger partial charge in [0, 0.05) is 5.69 Å². The number of hydrogen-bond donors (Lipinski definition) is 1. The first kappa shape index (κ1) is 14.6. The summed E-state index contributed by atoms with van der Waals surface area (Å²) < 4.78 is 2.06. The summed E-state index contributed by atoms with van der Waals surface area (Å²) in [4.78, 5) is 0. The van der Waals surface area contributed by atoms with E-state index in [4.69, 9.17) is 16.7 Å². The maximum Gasteiger partial charge on any atom is 0.0870 e. The summed E-state index contributed by atoms with van der Waals surface area (Å²) in [7, 11) is 0. The first-order valence-electron chi connectivity index (χ1n) is 7.66. The Labute approximate surface area is 131 Å². The Morgan fingerprint density at radius 3 is 2.76 bits per heavy atom. The molecule has 21 heavy (non-hydrogen) atoms. The van der Waals surface area contributed by atoms with Crippen molar-refractivity contribution in [2.24, 2.45) is 0 Å². The smallest absolute Gasteiger partial charge is 0.0870 e. The van der Waals surface area contributed by atoms with Gasteiger partial charge in [-0.1, -0.05) is 31.5 Å². The number of aromatic nitrogens is 2. The molecule has 0 atom stereocenters. The number of aryl methyl sites for hydroxylation is 1. The van der Waals surface area contributed by atoms with E-state index in [1.807, 2.05) is 13.0 Å². The van der Waals surface area contributed by atoms with Gasteiger partial charge in [-0.3, -0.25) is 0 Å². The summed E-state index contributed by atoms with van der Waals surface area (Å²) in [6.45, 7) is 8.47. The van der Waals surface area contributed by atoms with Crippen molar-refractivity contribution in [1.29, 1.82) is 0 Å². The molecule has 4 heteroatoms. The van der Waals surface area contributed by atoms with Gasteiger partial charge in [-0.05, 0) is 62.0 Å². The number of hydrogen-bond acceptors (Lipinski definition) is 2. The van der Waals surface area contributed by atoms with Gasteiger partial charge in [0.05, 0.1) is 16.4 Å². The molecule has 2 aromatic rings. The first-order valence-corrected chi connectivity index (χ1v) is 8.03. The second-order valence-corrected chi connectivity index (χ2v) is 6.47. The van der Waals surface area contributed by atoms with Crippen LogP contribution in [-0.2, 0) is 12.8 Å². The molecule has 1 aliphatic rings. The lowest BCUT2D eigenvalue weighted by Crippen LogP contribution is -2.16. The largest absolute Gasteiger partial charge is 0.316 e. The quantitative estimate of drug-likeness (QED) is 0.918. The van der Waals surface area contributed by atoms with Gasteiger partial charge in [0.25, 0.3) is 0 Å². The number of nitrogens with zero attached hydrogens (tertiary/aromatic N) is 2. The lowest BCUT2D eigenvalue weighted by atomic mass is 10.00. The fourth-order valence-electron chi connectivity index (χ4n) is 3.06. The van der Waals surface area contributed by atoms with E-state index in [2.05, 4.69) is 36.0 Å². The van der Waals surface area contributed by atoms with Gasteiger partial charge < -0.3 is 5.32 Å². The summed E-state index contributed by atoms with van der Waals surface area (Å²) >= 11 is 6.55. The lowest BCUT2D eigenvalue weighted by Gasteiger charge is -2.17. The van der Waals surface area contributed by atoms with Crippen LogP contribution in [0.25, 0.3) is 5.69 Å². The van der Waals surface area contributed by atoms with Gasteiger partial charge in [-0.25, -0.2) is 4.68 Å². The van der Waals surface area contributed by atoms with Crippen molar-refractivity contribution in [3.63, 3.8) is 0 Å². The van der Waals surface area contributed by atoms with E-state index in [0.717, 1.165) is 42.3 Å². The number of halogens is 1. The minimum absolute atomic E-state index is 0.419. The Balaban J connectivity index is 2.23. The maximum atomic E-state index is 6.55. The van der Waals surface area contributed by atoms with Crippen molar-refractivity contribution in [1.82, 2.24) is 15.1 Å². The first-order chi connectivity index (χ1) is 10.1. The molecule has 1 aliphatic heterocycles. The summed E-state index contributed by atoms with van der Waals surface area (Å²) in [5.74, 6) is 0.419. The number of fused-ring (bicyclic) bond motifs is 1. The molecule has 0 saturated heterocycles. The Bertz CT molecular complexity index is 658. The molecule has 1 aromatic carbocycles. The predicted molar refractivity (Wildman–Crippen MR) is 87.7 cm³/mol. The molecule has 3 nitrogen and oxygen atoms in total. The SMILES string of the molecule is Cc1cc(C(C)C)n(-c2c(Cl)ccc3c2CCNCC3)n1. The van der Waals surface area contributed by atoms with Crippen LogP contribution in [0.4, 0.5) is 0 Å². The van der Waals surface area contributed by atoms with Gasteiger partial charge in [-0.15, -0.1) is 0 Å². The van der Waals surface area contributed by atoms with Crippen molar-refractivity contribution < 1.29 is 0 Å². The van der Waals surface area contributed by atoms with Crippen molar-refractivity contribution in [2.45, 2.75) is 39.5 Å². The van der Waals surface area contributed by atoms with Crippen LogP contribution >= 0.6 is 11.6 Å². The third-order valence-corrected chi connectivity index (χ3v) is 4.42. The lowest BCUT2D eigenvalue weighted by molar-refractivity contribution is 0.704. The highest BCUT2D eigenvalue weighted by Gasteiger charge is 2.20. The van der Waals surface area contributed by atoms with Crippen LogP contribution in [0.3, 0.4) is 0 Å². The van der Waals surface area contributed by atoms with Gasteiger partial charge in [0.2, 0.25) is 0 Å². The van der Waals surface area contributed by atoms with E-state index >= 15 is 0 Å². The molecular formula is C17H22ClN3. The van der Waals surface area contributed by atoms with E-state index in [1.165, 1.54) is 16.8 Å². The Morgan fingerprint density at radius 2 is 2.00 bits per heavy atom. The molecule has 0 radical (unpaired) electrons. The highest BCUT2D eigenvalue weighted by Crippen LogP contribution is 2.31. The van der Waals surface area contributed by atoms with Crippen molar-refractivity contribution in [3.05, 3.63) is 45.7 Å². The van der Waals surface area contributed by atoms with Gasteiger partial charge in [-0.2, -0.15) is 5.10 Å². The molecule has 0 aliphatic carbocycles. The number of rotatable bonds is 2. The van der Waals surface area contributed by atoms with Gasteiger partial charge >= 0.3 is 0 Å². The second kappa shape index (κ2) is 5.82. The molecule has 0 saturated carbocycles. The van der Waals surface area contributed by atoms with Crippen LogP contribution in [0.2, 0.25) is 5.02 Å². The molecule has 0 amide bonds. The monoisotopic (exact) mass is 303 g/mol. The van der Waals surface area contributed by atoms with E-state index in [1.54, 1.807) is 0 Å². The number of benzene rings is 1. The molecule has 1 N–H and O–H groups in total. The highest BCUT2D eigenvalue weighted by molar-refractivity contribution is 6.32. The third-order valence-electron chi connectivity index (χ3n) is 4.12. The van der Waals surface area contributed by atoms with Crippen molar-refractivity contribution >= 4 is 11.6 Å². The van der Waals surface area contributed by atoms with Crippen LogP contribution in [0.1, 0.15) is 42.3 Å². The average Bonchev–Trinajstić information content (AvgIpc) is 2.68. The zero-order valence-corrected chi connectivity index (χ0v) is 13.7. The zero-order chi connectivity index (χ0) is 15.0. The summed E-state index contributed by atoms with van der Waals surface area (Å²) in [5, 5.41) is 8.97. The standard InChI is InChI=1S/C17H22ClN3/c1-11(2)16-10-12(3)20-21(16)17-14-7-9-19-8-6-13(14)4-5-15(17)18/h4-5,10-11,19H,6-9H2,1-3H3. The normalized spacial score (nSPS) is 15.1. The summed E-state index contributed by atoms with van der Waals surface area (Å²) in [6, 6.07) is 6.34. The van der Waals surface area contributed by atoms with Crippen LogP contribution in [-0.4, -0.2) is 22.9 Å². The van der Waals surface area contributed by atoms with Crippen LogP contribution in [0, 0.1) is 6.92 Å². The molecule has 0 spiro atoms. The molecular weight excluding hydrogens is 282 g/mol. The summed E-state index contributed by atoms with van der Waals surface area (Å²) in [6.07, 6.45) is 2.05. The number of nitrogens with one attached hydrogen (secondary N) is 1. The van der Waals surface area contributed by atoms with E-state index in [0.29, 0.717) is 5.92 Å².